The minimum absolute atomic E-state index is 0.0905. The fraction of sp³-hybridized carbons (Fsp3) is 0.459. The van der Waals surface area contributed by atoms with Crippen LogP contribution < -0.4 is 15.0 Å². The number of terminal acetylenes is 1. The number of benzene rings is 3. The van der Waals surface area contributed by atoms with Crippen molar-refractivity contribution in [2.45, 2.75) is 63.3 Å². The molecule has 9 rings (SSSR count). The normalized spacial score (nSPS) is 26.2. The Morgan fingerprint density at radius 3 is 2.65 bits per heavy atom. The highest BCUT2D eigenvalue weighted by Crippen LogP contribution is 2.48. The molecule has 46 heavy (non-hydrogen) atoms. The number of halogens is 1. The molecular weight excluding hydrogens is 581 g/mol. The van der Waals surface area contributed by atoms with E-state index in [0.29, 0.717) is 53.2 Å². The number of aromatic hydroxyl groups is 1. The minimum Gasteiger partial charge on any atom is -0.508 e. The molecule has 1 aliphatic carbocycles. The van der Waals surface area contributed by atoms with Gasteiger partial charge in [-0.05, 0) is 91.4 Å². The monoisotopic (exact) mass is 619 g/mol. The number of aryl methyl sites for hydroxylation is 1. The largest absolute Gasteiger partial charge is 0.508 e. The van der Waals surface area contributed by atoms with E-state index in [1.807, 2.05) is 13.0 Å². The molecule has 5 aliphatic rings. The zero-order valence-electron chi connectivity index (χ0n) is 26.1. The van der Waals surface area contributed by atoms with Crippen LogP contribution in [0.25, 0.3) is 32.8 Å². The van der Waals surface area contributed by atoms with Crippen molar-refractivity contribution >= 4 is 27.5 Å². The maximum atomic E-state index is 14.9. The summed E-state index contributed by atoms with van der Waals surface area (Å²) in [7, 11) is 0. The molecule has 9 heteroatoms. The van der Waals surface area contributed by atoms with Crippen molar-refractivity contribution < 1.29 is 19.0 Å². The van der Waals surface area contributed by atoms with Crippen molar-refractivity contribution in [3.63, 3.8) is 0 Å². The van der Waals surface area contributed by atoms with Crippen molar-refractivity contribution in [2.24, 2.45) is 5.41 Å². The molecule has 4 aromatic rings. The van der Waals surface area contributed by atoms with Gasteiger partial charge in [-0.3, -0.25) is 4.90 Å². The van der Waals surface area contributed by atoms with Crippen LogP contribution in [-0.2, 0) is 4.74 Å². The number of anilines is 1. The second kappa shape index (κ2) is 10.5. The average molecular weight is 620 g/mol. The Morgan fingerprint density at radius 1 is 1.11 bits per heavy atom. The predicted octanol–water partition coefficient (Wildman–Crippen LogP) is 5.16. The molecule has 1 saturated carbocycles. The van der Waals surface area contributed by atoms with Gasteiger partial charge < -0.3 is 24.8 Å². The van der Waals surface area contributed by atoms with Crippen LogP contribution >= 0.6 is 0 Å². The highest BCUT2D eigenvalue weighted by atomic mass is 19.1. The summed E-state index contributed by atoms with van der Waals surface area (Å²) in [6.07, 6.45) is 12.0. The Balaban J connectivity index is 1.12. The third-order valence-electron chi connectivity index (χ3n) is 11.0. The van der Waals surface area contributed by atoms with Gasteiger partial charge in [0, 0.05) is 60.5 Å². The lowest BCUT2D eigenvalue weighted by Gasteiger charge is -2.34. The number of morpholine rings is 1. The summed E-state index contributed by atoms with van der Waals surface area (Å²) in [5.41, 5.74) is 3.53. The summed E-state index contributed by atoms with van der Waals surface area (Å²) in [6, 6.07) is 12.2. The zero-order chi connectivity index (χ0) is 31.2. The van der Waals surface area contributed by atoms with Gasteiger partial charge >= 0.3 is 6.01 Å². The molecule has 4 bridgehead atoms. The van der Waals surface area contributed by atoms with Crippen LogP contribution in [0.3, 0.4) is 0 Å². The highest BCUT2D eigenvalue weighted by Gasteiger charge is 2.49. The number of phenolic OH excluding ortho intramolecular Hbond substituents is 1. The number of nitrogens with one attached hydrogen (secondary N) is 1. The van der Waals surface area contributed by atoms with Crippen LogP contribution in [0.4, 0.5) is 10.2 Å². The lowest BCUT2D eigenvalue weighted by molar-refractivity contribution is 0.0176. The van der Waals surface area contributed by atoms with E-state index >= 15 is 0 Å². The van der Waals surface area contributed by atoms with Crippen LogP contribution in [0.15, 0.2) is 36.4 Å². The minimum atomic E-state index is -0.461. The van der Waals surface area contributed by atoms with E-state index in [0.717, 1.165) is 79.9 Å². The fourth-order valence-electron chi connectivity index (χ4n) is 8.44. The molecule has 2 N–H and O–H groups in total. The number of fused-ring (bicyclic) bond motifs is 6. The summed E-state index contributed by atoms with van der Waals surface area (Å²) in [5, 5.41) is 16.7. The van der Waals surface area contributed by atoms with E-state index in [1.54, 1.807) is 18.2 Å². The van der Waals surface area contributed by atoms with Gasteiger partial charge in [-0.25, -0.2) is 4.39 Å². The van der Waals surface area contributed by atoms with Gasteiger partial charge in [0.25, 0.3) is 0 Å². The SMILES string of the molecule is C#Cc1c(F)ccc2cc(O)cc(-c3cc4nc(OCC5(CN6C[C@H]7C[C@@H]6CO7)CC5)nc(N5CC6CCC(C5)N6)c4cc3C)c12. The number of ether oxygens (including phenoxy) is 2. The van der Waals surface area contributed by atoms with Crippen molar-refractivity contribution in [3.05, 3.63) is 53.3 Å². The fourth-order valence-corrected chi connectivity index (χ4v) is 8.44. The standard InChI is InChI=1S/C37H38FN5O3/c1-3-28-32(38)7-4-22-11-26(44)13-30(34(22)28)29-14-33-31(10-21(29)2)35(42-15-23-5-6-24(16-42)39-23)41-36(40-33)46-20-37(8-9-37)19-43-17-27-12-25(43)18-45-27/h1,4,7,10-11,13-14,23-25,27,39,44H,5-6,8-9,12,15-20H2,2H3/t23?,24?,25-,27-/m1/s1. The van der Waals surface area contributed by atoms with Crippen LogP contribution in [0, 0.1) is 30.5 Å². The molecule has 236 valence electrons. The molecule has 3 aromatic carbocycles. The average Bonchev–Trinajstić information content (AvgIpc) is 3.31. The highest BCUT2D eigenvalue weighted by molar-refractivity contribution is 6.04. The summed E-state index contributed by atoms with van der Waals surface area (Å²) in [6.45, 7) is 7.27. The molecule has 2 unspecified atom stereocenters. The maximum Gasteiger partial charge on any atom is 0.318 e. The molecule has 4 aliphatic heterocycles. The second-order valence-corrected chi connectivity index (χ2v) is 14.3. The maximum absolute atomic E-state index is 14.9. The van der Waals surface area contributed by atoms with E-state index < -0.39 is 5.82 Å². The van der Waals surface area contributed by atoms with Crippen molar-refractivity contribution in [1.29, 1.82) is 0 Å². The van der Waals surface area contributed by atoms with E-state index in [4.69, 9.17) is 25.9 Å². The Kier molecular flexibility index (Phi) is 6.47. The number of likely N-dealkylation sites (tertiary alicyclic amines) is 1. The van der Waals surface area contributed by atoms with Gasteiger partial charge in [-0.1, -0.05) is 12.0 Å². The number of rotatable bonds is 7. The number of hydrogen-bond donors (Lipinski definition) is 2. The van der Waals surface area contributed by atoms with Gasteiger partial charge in [0.05, 0.1) is 30.4 Å². The van der Waals surface area contributed by atoms with Crippen molar-refractivity contribution in [2.75, 3.05) is 44.3 Å². The zero-order valence-corrected chi connectivity index (χ0v) is 26.1. The lowest BCUT2D eigenvalue weighted by atomic mass is 9.91. The van der Waals surface area contributed by atoms with Gasteiger partial charge in [0.15, 0.2) is 0 Å². The summed E-state index contributed by atoms with van der Waals surface area (Å²) >= 11 is 0. The summed E-state index contributed by atoms with van der Waals surface area (Å²) in [5.74, 6) is 3.07. The first-order valence-electron chi connectivity index (χ1n) is 16.6. The molecule has 0 amide bonds. The first-order chi connectivity index (χ1) is 22.3. The van der Waals surface area contributed by atoms with Crippen LogP contribution in [-0.4, -0.2) is 83.6 Å². The Labute approximate surface area is 267 Å². The second-order valence-electron chi connectivity index (χ2n) is 14.3. The molecule has 1 aromatic heterocycles. The van der Waals surface area contributed by atoms with E-state index in [1.165, 1.54) is 18.9 Å². The molecule has 0 spiro atoms. The van der Waals surface area contributed by atoms with Crippen molar-refractivity contribution in [3.8, 4) is 35.2 Å². The molecule has 4 saturated heterocycles. The quantitative estimate of drug-likeness (QED) is 0.275. The van der Waals surface area contributed by atoms with E-state index in [2.05, 4.69) is 27.1 Å². The van der Waals surface area contributed by atoms with Crippen molar-refractivity contribution in [1.82, 2.24) is 20.2 Å². The van der Waals surface area contributed by atoms with Gasteiger partial charge in [-0.15, -0.1) is 6.42 Å². The predicted molar refractivity (Wildman–Crippen MR) is 176 cm³/mol. The van der Waals surface area contributed by atoms with Gasteiger partial charge in [0.2, 0.25) is 0 Å². The third kappa shape index (κ3) is 4.77. The van der Waals surface area contributed by atoms with E-state index in [-0.39, 0.29) is 16.7 Å². The number of piperazine rings is 1. The molecule has 4 atom stereocenters. The molecule has 5 heterocycles. The Hall–Kier alpha value is -3.97. The van der Waals surface area contributed by atoms with Gasteiger partial charge in [0.1, 0.15) is 17.4 Å². The number of nitrogens with zero attached hydrogens (tertiary/aromatic N) is 4. The number of phenols is 1. The summed E-state index contributed by atoms with van der Waals surface area (Å²) in [4.78, 5) is 15.1. The molecule has 0 radical (unpaired) electrons. The first kappa shape index (κ1) is 28.3. The van der Waals surface area contributed by atoms with Gasteiger partial charge in [-0.2, -0.15) is 9.97 Å². The van der Waals surface area contributed by atoms with Crippen LogP contribution in [0.2, 0.25) is 0 Å². The first-order valence-corrected chi connectivity index (χ1v) is 16.6. The van der Waals surface area contributed by atoms with Crippen LogP contribution in [0.1, 0.15) is 43.2 Å². The number of hydrogen-bond acceptors (Lipinski definition) is 8. The molecular formula is C37H38FN5O3. The van der Waals surface area contributed by atoms with E-state index in [9.17, 15) is 9.50 Å². The lowest BCUT2D eigenvalue weighted by Crippen LogP contribution is -2.51. The topological polar surface area (TPSA) is 83.0 Å². The Bertz CT molecular complexity index is 1920. The summed E-state index contributed by atoms with van der Waals surface area (Å²) < 4.78 is 27.3. The Morgan fingerprint density at radius 2 is 1.93 bits per heavy atom. The van der Waals surface area contributed by atoms with Crippen LogP contribution in [0.5, 0.6) is 11.8 Å². The smallest absolute Gasteiger partial charge is 0.318 e. The molecule has 8 nitrogen and oxygen atoms in total. The number of aromatic nitrogens is 2. The third-order valence-corrected chi connectivity index (χ3v) is 11.0. The molecule has 5 fully saturated rings.